The molecule has 0 saturated carbocycles. The Hall–Kier alpha value is -2.89. The number of rotatable bonds is 3. The van der Waals surface area contributed by atoms with Crippen molar-refractivity contribution in [1.29, 1.82) is 0 Å². The van der Waals surface area contributed by atoms with Crippen LogP contribution >= 0.6 is 0 Å². The number of carbonyl (C=O) groups excluding carboxylic acids is 1. The van der Waals surface area contributed by atoms with Gasteiger partial charge in [-0.05, 0) is 43.7 Å². The van der Waals surface area contributed by atoms with Crippen molar-refractivity contribution in [1.82, 2.24) is 0 Å². The topological polar surface area (TPSA) is 98.3 Å². The maximum atomic E-state index is 12.2. The third kappa shape index (κ3) is 3.00. The summed E-state index contributed by atoms with van der Waals surface area (Å²) in [5.41, 5.74) is 8.39. The number of aryl methyl sites for hydroxylation is 1. The van der Waals surface area contributed by atoms with Crippen molar-refractivity contribution in [3.8, 4) is 0 Å². The summed E-state index contributed by atoms with van der Waals surface area (Å²) < 4.78 is 0. The van der Waals surface area contributed by atoms with Gasteiger partial charge in [0.05, 0.1) is 16.2 Å². The fourth-order valence-corrected chi connectivity index (χ4v) is 1.97. The molecule has 0 spiro atoms. The monoisotopic (exact) mass is 285 g/mol. The van der Waals surface area contributed by atoms with Crippen LogP contribution in [0.25, 0.3) is 0 Å². The van der Waals surface area contributed by atoms with Gasteiger partial charge in [-0.3, -0.25) is 14.9 Å². The highest BCUT2D eigenvalue weighted by atomic mass is 16.6. The minimum atomic E-state index is -0.474. The summed E-state index contributed by atoms with van der Waals surface area (Å²) in [5, 5.41) is 13.6. The van der Waals surface area contributed by atoms with Gasteiger partial charge in [-0.15, -0.1) is 0 Å². The first-order chi connectivity index (χ1) is 9.90. The molecule has 0 saturated heterocycles. The fourth-order valence-electron chi connectivity index (χ4n) is 1.97. The van der Waals surface area contributed by atoms with E-state index in [0.717, 1.165) is 5.56 Å². The van der Waals surface area contributed by atoms with Crippen molar-refractivity contribution in [3.05, 3.63) is 63.2 Å². The Labute approximate surface area is 121 Å². The SMILES string of the molecule is Cc1cc(C(=O)Nc2cccc([N+](=O)[O-])c2C)ccc1N. The zero-order chi connectivity index (χ0) is 15.6. The zero-order valence-electron chi connectivity index (χ0n) is 11.7. The van der Waals surface area contributed by atoms with Crippen LogP contribution in [-0.4, -0.2) is 10.8 Å². The molecule has 0 aliphatic rings. The zero-order valence-corrected chi connectivity index (χ0v) is 11.7. The van der Waals surface area contributed by atoms with E-state index >= 15 is 0 Å². The Morgan fingerprint density at radius 3 is 2.57 bits per heavy atom. The number of anilines is 2. The minimum absolute atomic E-state index is 0.0266. The molecule has 0 aliphatic heterocycles. The second kappa shape index (κ2) is 5.62. The van der Waals surface area contributed by atoms with E-state index in [4.69, 9.17) is 5.73 Å². The molecule has 0 aliphatic carbocycles. The smallest absolute Gasteiger partial charge is 0.274 e. The van der Waals surface area contributed by atoms with Crippen LogP contribution in [0.5, 0.6) is 0 Å². The number of amides is 1. The normalized spacial score (nSPS) is 10.2. The van der Waals surface area contributed by atoms with E-state index in [0.29, 0.717) is 22.5 Å². The van der Waals surface area contributed by atoms with Crippen molar-refractivity contribution in [2.45, 2.75) is 13.8 Å². The van der Waals surface area contributed by atoms with E-state index in [9.17, 15) is 14.9 Å². The van der Waals surface area contributed by atoms with Gasteiger partial charge in [-0.2, -0.15) is 0 Å². The lowest BCUT2D eigenvalue weighted by atomic mass is 10.1. The highest BCUT2D eigenvalue weighted by Gasteiger charge is 2.15. The van der Waals surface area contributed by atoms with Crippen LogP contribution < -0.4 is 11.1 Å². The molecule has 0 heterocycles. The van der Waals surface area contributed by atoms with Gasteiger partial charge in [0.25, 0.3) is 11.6 Å². The Bertz CT molecular complexity index is 726. The second-order valence-corrected chi connectivity index (χ2v) is 4.73. The lowest BCUT2D eigenvalue weighted by Crippen LogP contribution is -2.13. The van der Waals surface area contributed by atoms with Gasteiger partial charge in [-0.25, -0.2) is 0 Å². The number of nitro benzene ring substituents is 1. The fraction of sp³-hybridized carbons (Fsp3) is 0.133. The van der Waals surface area contributed by atoms with Crippen molar-refractivity contribution in [2.75, 3.05) is 11.1 Å². The molecule has 2 aromatic rings. The summed E-state index contributed by atoms with van der Waals surface area (Å²) >= 11 is 0. The Kier molecular flexibility index (Phi) is 3.89. The van der Waals surface area contributed by atoms with Gasteiger partial charge in [0, 0.05) is 17.3 Å². The highest BCUT2D eigenvalue weighted by molar-refractivity contribution is 6.05. The minimum Gasteiger partial charge on any atom is -0.399 e. The predicted molar refractivity (Wildman–Crippen MR) is 81.4 cm³/mol. The summed E-state index contributed by atoms with van der Waals surface area (Å²) in [4.78, 5) is 22.6. The number of nitrogens with one attached hydrogen (secondary N) is 1. The molecule has 3 N–H and O–H groups in total. The lowest BCUT2D eigenvalue weighted by molar-refractivity contribution is -0.385. The quantitative estimate of drug-likeness (QED) is 0.514. The number of nitro groups is 1. The molecule has 0 atom stereocenters. The van der Waals surface area contributed by atoms with Crippen LogP contribution in [0.1, 0.15) is 21.5 Å². The molecule has 0 unspecified atom stereocenters. The number of nitrogens with two attached hydrogens (primary N) is 1. The number of hydrogen-bond donors (Lipinski definition) is 2. The molecule has 6 nitrogen and oxygen atoms in total. The number of nitrogen functional groups attached to an aromatic ring is 1. The number of hydrogen-bond acceptors (Lipinski definition) is 4. The van der Waals surface area contributed by atoms with Crippen LogP contribution in [0, 0.1) is 24.0 Å². The Balaban J connectivity index is 2.29. The molecule has 21 heavy (non-hydrogen) atoms. The van der Waals surface area contributed by atoms with Gasteiger partial charge in [0.1, 0.15) is 0 Å². The predicted octanol–water partition coefficient (Wildman–Crippen LogP) is 3.05. The van der Waals surface area contributed by atoms with E-state index in [-0.39, 0.29) is 11.6 Å². The van der Waals surface area contributed by atoms with Gasteiger partial charge in [0.15, 0.2) is 0 Å². The summed E-state index contributed by atoms with van der Waals surface area (Å²) in [6, 6.07) is 9.52. The summed E-state index contributed by atoms with van der Waals surface area (Å²) in [7, 11) is 0. The summed E-state index contributed by atoms with van der Waals surface area (Å²) in [5.74, 6) is -0.332. The molecule has 1 amide bonds. The molecule has 2 rings (SSSR count). The number of benzene rings is 2. The number of carbonyl (C=O) groups is 1. The molecular weight excluding hydrogens is 270 g/mol. The standard InChI is InChI=1S/C15H15N3O3/c1-9-8-11(6-7-12(9)16)15(19)17-13-4-3-5-14(10(13)2)18(20)21/h3-8H,16H2,1-2H3,(H,17,19). The lowest BCUT2D eigenvalue weighted by Gasteiger charge is -2.09. The van der Waals surface area contributed by atoms with Crippen molar-refractivity contribution >= 4 is 23.0 Å². The Morgan fingerprint density at radius 2 is 1.95 bits per heavy atom. The van der Waals surface area contributed by atoms with Crippen LogP contribution in [-0.2, 0) is 0 Å². The molecule has 108 valence electrons. The van der Waals surface area contributed by atoms with E-state index in [1.165, 1.54) is 12.1 Å². The van der Waals surface area contributed by atoms with Crippen molar-refractivity contribution in [2.24, 2.45) is 0 Å². The van der Waals surface area contributed by atoms with Crippen LogP contribution in [0.2, 0.25) is 0 Å². The first kappa shape index (κ1) is 14.5. The maximum absolute atomic E-state index is 12.2. The third-order valence-electron chi connectivity index (χ3n) is 3.28. The molecule has 0 fully saturated rings. The average molecular weight is 285 g/mol. The van der Waals surface area contributed by atoms with Gasteiger partial charge >= 0.3 is 0 Å². The van der Waals surface area contributed by atoms with Gasteiger partial charge in [0.2, 0.25) is 0 Å². The van der Waals surface area contributed by atoms with E-state index in [1.54, 1.807) is 31.2 Å². The molecule has 0 radical (unpaired) electrons. The maximum Gasteiger partial charge on any atom is 0.274 e. The summed E-state index contributed by atoms with van der Waals surface area (Å²) in [6.45, 7) is 3.41. The van der Waals surface area contributed by atoms with Crippen LogP contribution in [0.4, 0.5) is 17.1 Å². The molecular formula is C15H15N3O3. The van der Waals surface area contributed by atoms with Crippen molar-refractivity contribution < 1.29 is 9.72 Å². The van der Waals surface area contributed by atoms with E-state index < -0.39 is 4.92 Å². The first-order valence-electron chi connectivity index (χ1n) is 6.31. The van der Waals surface area contributed by atoms with E-state index in [2.05, 4.69) is 5.32 Å². The largest absolute Gasteiger partial charge is 0.399 e. The van der Waals surface area contributed by atoms with Gasteiger partial charge in [-0.1, -0.05) is 6.07 Å². The van der Waals surface area contributed by atoms with E-state index in [1.807, 2.05) is 6.92 Å². The molecule has 0 bridgehead atoms. The van der Waals surface area contributed by atoms with Gasteiger partial charge < -0.3 is 11.1 Å². The van der Waals surface area contributed by atoms with Crippen LogP contribution in [0.15, 0.2) is 36.4 Å². The second-order valence-electron chi connectivity index (χ2n) is 4.73. The average Bonchev–Trinajstić information content (AvgIpc) is 2.43. The van der Waals surface area contributed by atoms with Crippen molar-refractivity contribution in [3.63, 3.8) is 0 Å². The highest BCUT2D eigenvalue weighted by Crippen LogP contribution is 2.25. The third-order valence-corrected chi connectivity index (χ3v) is 3.28. The van der Waals surface area contributed by atoms with Crippen LogP contribution in [0.3, 0.4) is 0 Å². The number of nitrogens with zero attached hydrogens (tertiary/aromatic N) is 1. The Morgan fingerprint density at radius 1 is 1.24 bits per heavy atom. The molecule has 0 aromatic heterocycles. The molecule has 2 aromatic carbocycles. The molecule has 6 heteroatoms. The first-order valence-corrected chi connectivity index (χ1v) is 6.31. The summed E-state index contributed by atoms with van der Waals surface area (Å²) in [6.07, 6.45) is 0.